The minimum absolute atomic E-state index is 0.00596. The molecule has 2 aliphatic heterocycles. The van der Waals surface area contributed by atoms with Crippen molar-refractivity contribution < 1.29 is 23.0 Å². The number of ether oxygens (including phenoxy) is 2. The number of carbonyl (C=O) groups is 1. The summed E-state index contributed by atoms with van der Waals surface area (Å²) >= 11 is 10.5. The number of piperidine rings is 1. The molecule has 6 nitrogen and oxygen atoms in total. The summed E-state index contributed by atoms with van der Waals surface area (Å²) in [7, 11) is 0. The van der Waals surface area contributed by atoms with Crippen molar-refractivity contribution in [2.75, 3.05) is 6.61 Å². The second kappa shape index (κ2) is 12.6. The first-order valence-corrected chi connectivity index (χ1v) is 15.6. The zero-order valence-corrected chi connectivity index (χ0v) is 26.0. The maximum Gasteiger partial charge on any atom is 0.229 e. The van der Waals surface area contributed by atoms with Crippen LogP contribution in [0.15, 0.2) is 60.7 Å². The summed E-state index contributed by atoms with van der Waals surface area (Å²) in [6.45, 7) is 9.83. The summed E-state index contributed by atoms with van der Waals surface area (Å²) < 4.78 is 35.2. The molecule has 9 heteroatoms. The molecule has 2 aromatic carbocycles. The lowest BCUT2D eigenvalue weighted by atomic mass is 9.66. The number of rotatable bonds is 9. The van der Waals surface area contributed by atoms with E-state index >= 15 is 0 Å². The van der Waals surface area contributed by atoms with Gasteiger partial charge < -0.3 is 18.9 Å². The second-order valence-corrected chi connectivity index (χ2v) is 13.8. The molecule has 2 aromatic rings. The fourth-order valence-electron chi connectivity index (χ4n) is 6.07. The van der Waals surface area contributed by atoms with E-state index in [0.717, 1.165) is 11.1 Å². The molecule has 0 aromatic heterocycles. The fourth-order valence-corrected chi connectivity index (χ4v) is 6.62. The van der Waals surface area contributed by atoms with Gasteiger partial charge in [-0.2, -0.15) is 0 Å². The van der Waals surface area contributed by atoms with Crippen molar-refractivity contribution in [3.8, 4) is 0 Å². The van der Waals surface area contributed by atoms with Crippen molar-refractivity contribution in [3.63, 3.8) is 0 Å². The van der Waals surface area contributed by atoms with Gasteiger partial charge in [-0.05, 0) is 86.5 Å². The van der Waals surface area contributed by atoms with E-state index in [1.165, 1.54) is 0 Å². The Hall–Kier alpha value is -1.74. The van der Waals surface area contributed by atoms with Crippen LogP contribution in [0.25, 0.3) is 0 Å². The quantitative estimate of drug-likeness (QED) is 0.223. The monoisotopic (exact) mass is 606 g/mol. The van der Waals surface area contributed by atoms with Crippen molar-refractivity contribution in [2.45, 2.75) is 89.0 Å². The van der Waals surface area contributed by atoms with Gasteiger partial charge in [-0.25, -0.2) is 0 Å². The van der Waals surface area contributed by atoms with Gasteiger partial charge in [-0.15, -0.1) is 0 Å². The molecule has 2 aliphatic rings. The summed E-state index contributed by atoms with van der Waals surface area (Å²) in [4.78, 5) is 16.6. The fraction of sp³-hybridized carbons (Fsp3) is 0.516. The normalized spacial score (nSPS) is 29.1. The number of hydrogen-bond donors (Lipinski definition) is 0. The molecule has 0 saturated carbocycles. The lowest BCUT2D eigenvalue weighted by Crippen LogP contribution is -2.56. The van der Waals surface area contributed by atoms with Crippen LogP contribution in [0.5, 0.6) is 0 Å². The van der Waals surface area contributed by atoms with Crippen LogP contribution < -0.4 is 0 Å². The van der Waals surface area contributed by atoms with E-state index in [1.54, 1.807) is 13.0 Å². The molecule has 0 spiro atoms. The van der Waals surface area contributed by atoms with Crippen LogP contribution in [-0.4, -0.2) is 49.4 Å². The average molecular weight is 608 g/mol. The lowest BCUT2D eigenvalue weighted by Gasteiger charge is -2.52. The highest BCUT2D eigenvalue weighted by molar-refractivity contribution is 7.79. The third-order valence-electron chi connectivity index (χ3n) is 8.02. The third kappa shape index (κ3) is 7.00. The van der Waals surface area contributed by atoms with Gasteiger partial charge in [0.15, 0.2) is 5.79 Å². The minimum atomic E-state index is -2.26. The smallest absolute Gasteiger partial charge is 0.229 e. The number of hydrogen-bond acceptors (Lipinski definition) is 5. The van der Waals surface area contributed by atoms with Crippen LogP contribution in [0.1, 0.15) is 77.0 Å². The Morgan fingerprint density at radius 3 is 2.38 bits per heavy atom. The largest absolute Gasteiger partial charge is 0.772 e. The first kappa shape index (κ1) is 31.2. The van der Waals surface area contributed by atoms with Crippen LogP contribution >= 0.6 is 23.2 Å². The number of halogens is 2. The number of carbonyl (C=O) groups excluding carboxylic acids is 1. The maximum absolute atomic E-state index is 14.7. The van der Waals surface area contributed by atoms with Crippen molar-refractivity contribution >= 4 is 40.2 Å². The summed E-state index contributed by atoms with van der Waals surface area (Å²) in [5.74, 6) is -0.784. The predicted molar refractivity (Wildman–Crippen MR) is 159 cm³/mol. The first-order valence-electron chi connectivity index (χ1n) is 13.8. The van der Waals surface area contributed by atoms with Gasteiger partial charge in [0.25, 0.3) is 0 Å². The highest BCUT2D eigenvalue weighted by atomic mass is 35.5. The SMILES string of the molecule is CC[C@@H](/C=C/C(C)S(=O)[O-])N1C(=O)[C@@](C)(CC2COC(C)(C)O2)C[C@H](c2cccc(Cl)c2)[C@H]1c1ccc(Cl)cc1. The van der Waals surface area contributed by atoms with Gasteiger partial charge >= 0.3 is 0 Å². The Kier molecular flexibility index (Phi) is 9.86. The van der Waals surface area contributed by atoms with Crippen LogP contribution in [-0.2, 0) is 25.3 Å². The third-order valence-corrected chi connectivity index (χ3v) is 9.27. The van der Waals surface area contributed by atoms with Gasteiger partial charge in [0, 0.05) is 26.6 Å². The van der Waals surface area contributed by atoms with Gasteiger partial charge in [0.05, 0.1) is 24.8 Å². The summed E-state index contributed by atoms with van der Waals surface area (Å²) in [5.41, 5.74) is 1.23. The van der Waals surface area contributed by atoms with Crippen molar-refractivity contribution in [1.29, 1.82) is 0 Å². The molecule has 2 saturated heterocycles. The van der Waals surface area contributed by atoms with Crippen molar-refractivity contribution in [1.82, 2.24) is 4.90 Å². The zero-order valence-electron chi connectivity index (χ0n) is 23.6. The van der Waals surface area contributed by atoms with Crippen molar-refractivity contribution in [3.05, 3.63) is 81.9 Å². The summed E-state index contributed by atoms with van der Waals surface area (Å²) in [6, 6.07) is 14.8. The molecule has 2 fully saturated rings. The summed E-state index contributed by atoms with van der Waals surface area (Å²) in [6.07, 6.45) is 4.99. The molecule has 4 rings (SSSR count). The Bertz CT molecular complexity index is 1250. The van der Waals surface area contributed by atoms with Crippen LogP contribution in [0, 0.1) is 5.41 Å². The number of amides is 1. The van der Waals surface area contributed by atoms with Crippen LogP contribution in [0.3, 0.4) is 0 Å². The average Bonchev–Trinajstić information content (AvgIpc) is 3.24. The molecule has 0 bridgehead atoms. The molecule has 0 radical (unpaired) electrons. The van der Waals surface area contributed by atoms with E-state index in [9.17, 15) is 13.6 Å². The zero-order chi connectivity index (χ0) is 29.2. The number of likely N-dealkylation sites (tertiary alicyclic amines) is 1. The molecule has 0 N–H and O–H groups in total. The molecule has 218 valence electrons. The summed E-state index contributed by atoms with van der Waals surface area (Å²) in [5, 5.41) is 0.566. The molecule has 7 atom stereocenters. The predicted octanol–water partition coefficient (Wildman–Crippen LogP) is 7.20. The van der Waals surface area contributed by atoms with E-state index < -0.39 is 27.5 Å². The van der Waals surface area contributed by atoms with Gasteiger partial charge in [-0.3, -0.25) is 9.00 Å². The standard InChI is InChI=1S/C31H39Cl2NO5S/c1-6-25(15-10-20(2)40(36)37)34-28(21-11-13-23(32)14-12-21)27(22-8-7-9-24(33)16-22)18-31(5,29(34)35)17-26-19-38-30(3,4)39-26/h7-16,20,25-28H,6,17-19H2,1-5H3,(H,36,37)/p-1/b15-10+/t20?,25-,26?,27+,28+,31-/m0/s1. The molecular formula is C31H38Cl2NO5S-. The lowest BCUT2D eigenvalue weighted by molar-refractivity contribution is -0.161. The van der Waals surface area contributed by atoms with E-state index in [-0.39, 0.29) is 30.0 Å². The van der Waals surface area contributed by atoms with Crippen molar-refractivity contribution in [2.24, 2.45) is 5.41 Å². The van der Waals surface area contributed by atoms with E-state index in [2.05, 4.69) is 6.07 Å². The number of benzene rings is 2. The Labute approximate surface area is 250 Å². The second-order valence-electron chi connectivity index (χ2n) is 11.6. The topological polar surface area (TPSA) is 78.9 Å². The van der Waals surface area contributed by atoms with Gasteiger partial charge in [0.1, 0.15) is 0 Å². The van der Waals surface area contributed by atoms with Crippen LogP contribution in [0.2, 0.25) is 10.0 Å². The van der Waals surface area contributed by atoms with E-state index in [0.29, 0.717) is 35.9 Å². The molecule has 40 heavy (non-hydrogen) atoms. The van der Waals surface area contributed by atoms with Gasteiger partial charge in [0.2, 0.25) is 5.91 Å². The molecule has 3 unspecified atom stereocenters. The maximum atomic E-state index is 14.7. The highest BCUT2D eigenvalue weighted by Crippen LogP contribution is 2.53. The van der Waals surface area contributed by atoms with E-state index in [1.807, 2.05) is 81.1 Å². The Morgan fingerprint density at radius 1 is 1.10 bits per heavy atom. The Balaban J connectivity index is 1.85. The molecular weight excluding hydrogens is 569 g/mol. The number of nitrogens with zero attached hydrogens (tertiary/aromatic N) is 1. The minimum Gasteiger partial charge on any atom is -0.772 e. The van der Waals surface area contributed by atoms with E-state index in [4.69, 9.17) is 32.7 Å². The molecule has 0 aliphatic carbocycles. The highest BCUT2D eigenvalue weighted by Gasteiger charge is 2.53. The van der Waals surface area contributed by atoms with Gasteiger partial charge in [-0.1, -0.05) is 73.5 Å². The van der Waals surface area contributed by atoms with Crippen LogP contribution in [0.4, 0.5) is 0 Å². The Morgan fingerprint density at radius 2 is 1.80 bits per heavy atom. The molecule has 2 heterocycles. The first-order chi connectivity index (χ1) is 18.8. The molecule has 1 amide bonds.